The second-order valence-corrected chi connectivity index (χ2v) is 3.80. The third kappa shape index (κ3) is 3.06. The topological polar surface area (TPSA) is 12.0 Å². The van der Waals surface area contributed by atoms with Crippen LogP contribution >= 0.6 is 0 Å². The minimum atomic E-state index is -4.48. The fourth-order valence-corrected chi connectivity index (χ4v) is 1.61. The van der Waals surface area contributed by atoms with E-state index in [0.29, 0.717) is 5.57 Å². The second-order valence-electron chi connectivity index (χ2n) is 3.80. The SMILES string of the molecule is C=C(C)C(NC)c1cc(C(F)(F)F)ccc1F. The molecule has 1 nitrogen and oxygen atoms in total. The molecule has 17 heavy (non-hydrogen) atoms. The average Bonchev–Trinajstić information content (AvgIpc) is 2.19. The highest BCUT2D eigenvalue weighted by Gasteiger charge is 2.31. The molecular weight excluding hydrogens is 234 g/mol. The molecule has 0 bridgehead atoms. The number of hydrogen-bond acceptors (Lipinski definition) is 1. The molecule has 0 spiro atoms. The van der Waals surface area contributed by atoms with Crippen LogP contribution in [0.5, 0.6) is 0 Å². The predicted octanol–water partition coefficient (Wildman–Crippen LogP) is 3.68. The molecule has 1 rings (SSSR count). The van der Waals surface area contributed by atoms with E-state index < -0.39 is 23.6 Å². The largest absolute Gasteiger partial charge is 0.416 e. The Bertz CT molecular complexity index is 423. The van der Waals surface area contributed by atoms with Crippen molar-refractivity contribution < 1.29 is 17.6 Å². The molecule has 1 atom stereocenters. The first-order chi connectivity index (χ1) is 7.77. The molecule has 0 saturated heterocycles. The molecule has 0 heterocycles. The number of halogens is 4. The molecule has 0 aliphatic rings. The summed E-state index contributed by atoms with van der Waals surface area (Å²) in [5.41, 5.74) is -0.365. The van der Waals surface area contributed by atoms with Crippen LogP contribution in [0.25, 0.3) is 0 Å². The zero-order chi connectivity index (χ0) is 13.2. The van der Waals surface area contributed by atoms with Gasteiger partial charge in [0, 0.05) is 5.56 Å². The molecule has 94 valence electrons. The molecule has 1 unspecified atom stereocenters. The van der Waals surface area contributed by atoms with Crippen molar-refractivity contribution in [1.29, 1.82) is 0 Å². The van der Waals surface area contributed by atoms with Gasteiger partial charge in [0.15, 0.2) is 0 Å². The molecule has 0 aliphatic heterocycles. The Morgan fingerprint density at radius 2 is 1.94 bits per heavy atom. The maximum Gasteiger partial charge on any atom is 0.416 e. The zero-order valence-corrected chi connectivity index (χ0v) is 9.53. The maximum absolute atomic E-state index is 13.5. The minimum absolute atomic E-state index is 0.0465. The lowest BCUT2D eigenvalue weighted by Gasteiger charge is -2.19. The summed E-state index contributed by atoms with van der Waals surface area (Å²) in [6.45, 7) is 5.25. The molecule has 0 amide bonds. The summed E-state index contributed by atoms with van der Waals surface area (Å²) in [5, 5.41) is 2.73. The summed E-state index contributed by atoms with van der Waals surface area (Å²) >= 11 is 0. The summed E-state index contributed by atoms with van der Waals surface area (Å²) in [6, 6.07) is 1.73. The first-order valence-corrected chi connectivity index (χ1v) is 4.96. The van der Waals surface area contributed by atoms with Crippen molar-refractivity contribution in [3.05, 3.63) is 47.3 Å². The van der Waals surface area contributed by atoms with E-state index in [1.54, 1.807) is 14.0 Å². The van der Waals surface area contributed by atoms with Crippen molar-refractivity contribution in [3.8, 4) is 0 Å². The molecule has 0 aliphatic carbocycles. The quantitative estimate of drug-likeness (QED) is 0.634. The van der Waals surface area contributed by atoms with Gasteiger partial charge in [0.05, 0.1) is 11.6 Å². The van der Waals surface area contributed by atoms with E-state index in [9.17, 15) is 17.6 Å². The van der Waals surface area contributed by atoms with Crippen LogP contribution in [0.3, 0.4) is 0 Å². The Morgan fingerprint density at radius 1 is 1.35 bits per heavy atom. The lowest BCUT2D eigenvalue weighted by Crippen LogP contribution is -2.19. The smallest absolute Gasteiger partial charge is 0.310 e. The van der Waals surface area contributed by atoms with Crippen LogP contribution in [0.1, 0.15) is 24.1 Å². The summed E-state index contributed by atoms with van der Waals surface area (Å²) in [6.07, 6.45) is -4.48. The van der Waals surface area contributed by atoms with Gasteiger partial charge in [0.2, 0.25) is 0 Å². The van der Waals surface area contributed by atoms with E-state index in [1.807, 2.05) is 0 Å². The highest BCUT2D eigenvalue weighted by Crippen LogP contribution is 2.32. The van der Waals surface area contributed by atoms with Gasteiger partial charge in [-0.05, 0) is 32.2 Å². The first kappa shape index (κ1) is 13.7. The van der Waals surface area contributed by atoms with Gasteiger partial charge in [-0.3, -0.25) is 0 Å². The summed E-state index contributed by atoms with van der Waals surface area (Å²) in [5.74, 6) is -0.680. The highest BCUT2D eigenvalue weighted by molar-refractivity contribution is 5.33. The lowest BCUT2D eigenvalue weighted by atomic mass is 9.98. The van der Waals surface area contributed by atoms with Gasteiger partial charge in [-0.25, -0.2) is 4.39 Å². The number of nitrogens with one attached hydrogen (secondary N) is 1. The standard InChI is InChI=1S/C12H13F4N/c1-7(2)11(17-3)9-6-8(12(14,15)16)4-5-10(9)13/h4-6,11,17H,1H2,2-3H3. The van der Waals surface area contributed by atoms with Crippen molar-refractivity contribution in [3.63, 3.8) is 0 Å². The van der Waals surface area contributed by atoms with E-state index in [1.165, 1.54) is 0 Å². The zero-order valence-electron chi connectivity index (χ0n) is 9.53. The van der Waals surface area contributed by atoms with Gasteiger partial charge < -0.3 is 5.32 Å². The van der Waals surface area contributed by atoms with E-state index in [4.69, 9.17) is 0 Å². The van der Waals surface area contributed by atoms with Gasteiger partial charge in [-0.1, -0.05) is 12.2 Å². The van der Waals surface area contributed by atoms with Crippen molar-refractivity contribution in [2.45, 2.75) is 19.1 Å². The second kappa shape index (κ2) is 4.87. The van der Waals surface area contributed by atoms with Crippen molar-refractivity contribution in [1.82, 2.24) is 5.32 Å². The van der Waals surface area contributed by atoms with Crippen molar-refractivity contribution in [2.24, 2.45) is 0 Å². The number of rotatable bonds is 3. The highest BCUT2D eigenvalue weighted by atomic mass is 19.4. The van der Waals surface area contributed by atoms with Crippen LogP contribution in [-0.2, 0) is 6.18 Å². The molecule has 0 fully saturated rings. The Labute approximate surface area is 97.1 Å². The first-order valence-electron chi connectivity index (χ1n) is 4.96. The van der Waals surface area contributed by atoms with E-state index in [2.05, 4.69) is 11.9 Å². The normalized spacial score (nSPS) is 13.5. The van der Waals surface area contributed by atoms with Crippen LogP contribution in [0.4, 0.5) is 17.6 Å². The van der Waals surface area contributed by atoms with Gasteiger partial charge in [-0.2, -0.15) is 13.2 Å². The number of benzene rings is 1. The molecular formula is C12H13F4N. The number of hydrogen-bond donors (Lipinski definition) is 1. The molecule has 5 heteroatoms. The van der Waals surface area contributed by atoms with E-state index in [-0.39, 0.29) is 5.56 Å². The summed E-state index contributed by atoms with van der Waals surface area (Å²) in [7, 11) is 1.54. The molecule has 0 saturated carbocycles. The summed E-state index contributed by atoms with van der Waals surface area (Å²) < 4.78 is 51.0. The molecule has 1 aromatic rings. The molecule has 1 N–H and O–H groups in total. The van der Waals surface area contributed by atoms with Crippen LogP contribution in [-0.4, -0.2) is 7.05 Å². The number of likely N-dealkylation sites (N-methyl/N-ethyl adjacent to an activating group) is 1. The van der Waals surface area contributed by atoms with Crippen LogP contribution in [0, 0.1) is 5.82 Å². The monoisotopic (exact) mass is 247 g/mol. The maximum atomic E-state index is 13.5. The van der Waals surface area contributed by atoms with Crippen LogP contribution in [0.15, 0.2) is 30.4 Å². The molecule has 1 aromatic carbocycles. The van der Waals surface area contributed by atoms with E-state index in [0.717, 1.165) is 18.2 Å². The fraction of sp³-hybridized carbons (Fsp3) is 0.333. The third-order valence-electron chi connectivity index (χ3n) is 2.42. The Morgan fingerprint density at radius 3 is 2.35 bits per heavy atom. The fourth-order valence-electron chi connectivity index (χ4n) is 1.61. The van der Waals surface area contributed by atoms with Gasteiger partial charge in [0.25, 0.3) is 0 Å². The average molecular weight is 247 g/mol. The Kier molecular flexibility index (Phi) is 3.93. The number of alkyl halides is 3. The third-order valence-corrected chi connectivity index (χ3v) is 2.42. The lowest BCUT2D eigenvalue weighted by molar-refractivity contribution is -0.137. The van der Waals surface area contributed by atoms with E-state index >= 15 is 0 Å². The van der Waals surface area contributed by atoms with Gasteiger partial charge >= 0.3 is 6.18 Å². The van der Waals surface area contributed by atoms with Crippen LogP contribution in [0.2, 0.25) is 0 Å². The molecule has 0 aromatic heterocycles. The van der Waals surface area contributed by atoms with Crippen molar-refractivity contribution in [2.75, 3.05) is 7.05 Å². The Hall–Kier alpha value is -1.36. The Balaban J connectivity index is 3.28. The predicted molar refractivity (Wildman–Crippen MR) is 58.0 cm³/mol. The van der Waals surface area contributed by atoms with Gasteiger partial charge in [0.1, 0.15) is 5.82 Å². The van der Waals surface area contributed by atoms with Crippen molar-refractivity contribution >= 4 is 0 Å². The summed E-state index contributed by atoms with van der Waals surface area (Å²) in [4.78, 5) is 0. The molecule has 0 radical (unpaired) electrons. The minimum Gasteiger partial charge on any atom is -0.310 e. The van der Waals surface area contributed by atoms with Crippen LogP contribution < -0.4 is 5.32 Å². The van der Waals surface area contributed by atoms with Gasteiger partial charge in [-0.15, -0.1) is 0 Å².